The summed E-state index contributed by atoms with van der Waals surface area (Å²) < 4.78 is 12.8. The lowest BCUT2D eigenvalue weighted by molar-refractivity contribution is -0.113. The number of carbonyl (C=O) groups is 1. The van der Waals surface area contributed by atoms with E-state index in [-0.39, 0.29) is 17.5 Å². The van der Waals surface area contributed by atoms with Gasteiger partial charge in [0.05, 0.1) is 5.75 Å². The molecule has 118 valence electrons. The first-order chi connectivity index (χ1) is 10.7. The number of halogens is 1. The van der Waals surface area contributed by atoms with Crippen LogP contribution >= 0.6 is 23.1 Å². The van der Waals surface area contributed by atoms with Gasteiger partial charge in [0, 0.05) is 11.3 Å². The molecular weight excluding hydrogens is 321 g/mol. The zero-order chi connectivity index (χ0) is 15.8. The van der Waals surface area contributed by atoms with E-state index in [2.05, 4.69) is 22.4 Å². The Labute approximate surface area is 137 Å². The second-order valence-corrected chi connectivity index (χ2v) is 6.86. The van der Waals surface area contributed by atoms with Crippen LogP contribution in [0.15, 0.2) is 29.2 Å². The molecule has 0 fully saturated rings. The average molecular weight is 339 g/mol. The number of unbranched alkanes of at least 4 members (excludes halogenated alkanes) is 2. The lowest BCUT2D eigenvalue weighted by Gasteiger charge is -2.01. The normalized spacial score (nSPS) is 10.6. The fourth-order valence-corrected chi connectivity index (χ4v) is 3.26. The molecule has 1 heterocycles. The number of aryl methyl sites for hydroxylation is 1. The number of thioether (sulfide) groups is 1. The maximum absolute atomic E-state index is 12.8. The molecule has 0 spiro atoms. The highest BCUT2D eigenvalue weighted by atomic mass is 32.2. The lowest BCUT2D eigenvalue weighted by Crippen LogP contribution is -2.13. The van der Waals surface area contributed by atoms with Crippen LogP contribution in [0.3, 0.4) is 0 Å². The molecule has 0 aliphatic heterocycles. The van der Waals surface area contributed by atoms with Crippen molar-refractivity contribution in [3.05, 3.63) is 35.1 Å². The van der Waals surface area contributed by atoms with Crippen molar-refractivity contribution in [2.75, 3.05) is 11.1 Å². The first-order valence-corrected chi connectivity index (χ1v) is 8.98. The monoisotopic (exact) mass is 339 g/mol. The van der Waals surface area contributed by atoms with Crippen molar-refractivity contribution in [2.45, 2.75) is 37.5 Å². The van der Waals surface area contributed by atoms with Gasteiger partial charge in [-0.25, -0.2) is 4.39 Å². The van der Waals surface area contributed by atoms with Gasteiger partial charge in [-0.3, -0.25) is 10.1 Å². The number of anilines is 1. The summed E-state index contributed by atoms with van der Waals surface area (Å²) in [5.41, 5.74) is 0. The van der Waals surface area contributed by atoms with Crippen LogP contribution in [0.1, 0.15) is 31.2 Å². The van der Waals surface area contributed by atoms with Crippen LogP contribution < -0.4 is 5.32 Å². The third-order valence-corrected chi connectivity index (χ3v) is 4.80. The van der Waals surface area contributed by atoms with Crippen LogP contribution in [0.4, 0.5) is 9.52 Å². The van der Waals surface area contributed by atoms with Gasteiger partial charge in [0.15, 0.2) is 0 Å². The molecule has 7 heteroatoms. The van der Waals surface area contributed by atoms with E-state index in [4.69, 9.17) is 0 Å². The van der Waals surface area contributed by atoms with Gasteiger partial charge in [-0.05, 0) is 30.7 Å². The first kappa shape index (κ1) is 16.9. The molecular formula is C15H18FN3OS2. The van der Waals surface area contributed by atoms with E-state index in [0.717, 1.165) is 22.7 Å². The second kappa shape index (κ2) is 8.85. The summed E-state index contributed by atoms with van der Waals surface area (Å²) >= 11 is 2.78. The van der Waals surface area contributed by atoms with E-state index >= 15 is 0 Å². The van der Waals surface area contributed by atoms with E-state index in [0.29, 0.717) is 5.13 Å². The molecule has 0 radical (unpaired) electrons. The zero-order valence-electron chi connectivity index (χ0n) is 12.3. The van der Waals surface area contributed by atoms with Crippen LogP contribution in [0, 0.1) is 5.82 Å². The Balaban J connectivity index is 1.75. The van der Waals surface area contributed by atoms with Crippen molar-refractivity contribution in [1.29, 1.82) is 0 Å². The molecule has 2 aromatic rings. The number of benzene rings is 1. The number of rotatable bonds is 8. The fraction of sp³-hybridized carbons (Fsp3) is 0.400. The molecule has 1 aromatic carbocycles. The molecule has 1 aromatic heterocycles. The molecule has 0 unspecified atom stereocenters. The van der Waals surface area contributed by atoms with Gasteiger partial charge in [0.25, 0.3) is 0 Å². The van der Waals surface area contributed by atoms with E-state index in [1.807, 2.05) is 0 Å². The molecule has 0 bridgehead atoms. The summed E-state index contributed by atoms with van der Waals surface area (Å²) in [7, 11) is 0. The highest BCUT2D eigenvalue weighted by Gasteiger charge is 2.08. The van der Waals surface area contributed by atoms with Gasteiger partial charge in [0.2, 0.25) is 11.0 Å². The van der Waals surface area contributed by atoms with Crippen molar-refractivity contribution in [3.8, 4) is 0 Å². The number of hydrogen-bond donors (Lipinski definition) is 1. The zero-order valence-corrected chi connectivity index (χ0v) is 14.0. The molecule has 0 aliphatic rings. The first-order valence-electron chi connectivity index (χ1n) is 7.18. The minimum Gasteiger partial charge on any atom is -0.300 e. The number of amides is 1. The summed E-state index contributed by atoms with van der Waals surface area (Å²) in [5, 5.41) is 12.3. The van der Waals surface area contributed by atoms with Crippen LogP contribution in [-0.2, 0) is 11.2 Å². The van der Waals surface area contributed by atoms with Crippen molar-refractivity contribution in [3.63, 3.8) is 0 Å². The predicted molar refractivity (Wildman–Crippen MR) is 88.9 cm³/mol. The minimum atomic E-state index is -0.279. The Bertz CT molecular complexity index is 601. The number of hydrogen-bond acceptors (Lipinski definition) is 5. The second-order valence-electron chi connectivity index (χ2n) is 4.75. The third kappa shape index (κ3) is 5.73. The van der Waals surface area contributed by atoms with Crippen LogP contribution in [0.25, 0.3) is 0 Å². The smallest absolute Gasteiger partial charge is 0.236 e. The summed E-state index contributed by atoms with van der Waals surface area (Å²) in [6, 6.07) is 6.08. The Morgan fingerprint density at radius 2 is 2.05 bits per heavy atom. The van der Waals surface area contributed by atoms with Crippen molar-refractivity contribution < 1.29 is 9.18 Å². The molecule has 0 saturated carbocycles. The Kier molecular flexibility index (Phi) is 6.79. The quantitative estimate of drug-likeness (QED) is 0.580. The van der Waals surface area contributed by atoms with Gasteiger partial charge in [-0.15, -0.1) is 22.0 Å². The van der Waals surface area contributed by atoms with Gasteiger partial charge >= 0.3 is 0 Å². The van der Waals surface area contributed by atoms with E-state index in [1.165, 1.54) is 48.1 Å². The molecule has 1 amide bonds. The molecule has 0 aliphatic carbocycles. The van der Waals surface area contributed by atoms with E-state index in [9.17, 15) is 9.18 Å². The average Bonchev–Trinajstić information content (AvgIpc) is 2.94. The molecule has 4 nitrogen and oxygen atoms in total. The minimum absolute atomic E-state index is 0.134. The number of aromatic nitrogens is 2. The van der Waals surface area contributed by atoms with E-state index in [1.54, 1.807) is 12.1 Å². The Hall–Kier alpha value is -1.47. The summed E-state index contributed by atoms with van der Waals surface area (Å²) in [4.78, 5) is 12.7. The highest BCUT2D eigenvalue weighted by molar-refractivity contribution is 8.00. The largest absolute Gasteiger partial charge is 0.300 e. The van der Waals surface area contributed by atoms with Crippen molar-refractivity contribution in [2.24, 2.45) is 0 Å². The number of carbonyl (C=O) groups excluding carboxylic acids is 1. The SMILES string of the molecule is CCCCCc1nnc(NC(=O)CSc2ccc(F)cc2)s1. The summed E-state index contributed by atoms with van der Waals surface area (Å²) in [5.74, 6) is -0.153. The Morgan fingerprint density at radius 1 is 1.27 bits per heavy atom. The molecule has 22 heavy (non-hydrogen) atoms. The number of nitrogens with zero attached hydrogens (tertiary/aromatic N) is 2. The van der Waals surface area contributed by atoms with Gasteiger partial charge in [-0.2, -0.15) is 0 Å². The lowest BCUT2D eigenvalue weighted by atomic mass is 10.2. The van der Waals surface area contributed by atoms with Crippen molar-refractivity contribution >= 4 is 34.1 Å². The topological polar surface area (TPSA) is 54.9 Å². The van der Waals surface area contributed by atoms with Gasteiger partial charge in [-0.1, -0.05) is 31.1 Å². The van der Waals surface area contributed by atoms with Crippen molar-refractivity contribution in [1.82, 2.24) is 10.2 Å². The maximum atomic E-state index is 12.8. The van der Waals surface area contributed by atoms with Crippen LogP contribution in [-0.4, -0.2) is 21.9 Å². The summed E-state index contributed by atoms with van der Waals surface area (Å²) in [6.45, 7) is 2.16. The predicted octanol–water partition coefficient (Wildman–Crippen LogP) is 4.14. The van der Waals surface area contributed by atoms with Gasteiger partial charge in [0.1, 0.15) is 10.8 Å². The highest BCUT2D eigenvalue weighted by Crippen LogP contribution is 2.20. The molecule has 0 saturated heterocycles. The van der Waals surface area contributed by atoms with Crippen LogP contribution in [0.5, 0.6) is 0 Å². The standard InChI is InChI=1S/C15H18FN3OS2/c1-2-3-4-5-14-18-19-15(22-14)17-13(20)10-21-12-8-6-11(16)7-9-12/h6-9H,2-5,10H2,1H3,(H,17,19,20). The van der Waals surface area contributed by atoms with Crippen LogP contribution in [0.2, 0.25) is 0 Å². The van der Waals surface area contributed by atoms with Gasteiger partial charge < -0.3 is 0 Å². The maximum Gasteiger partial charge on any atom is 0.236 e. The fourth-order valence-electron chi connectivity index (χ4n) is 1.77. The molecule has 2 rings (SSSR count). The number of nitrogens with one attached hydrogen (secondary N) is 1. The molecule has 0 atom stereocenters. The van der Waals surface area contributed by atoms with E-state index < -0.39 is 0 Å². The third-order valence-electron chi connectivity index (χ3n) is 2.89. The summed E-state index contributed by atoms with van der Waals surface area (Å²) in [6.07, 6.45) is 4.35. The molecule has 1 N–H and O–H groups in total. The Morgan fingerprint density at radius 3 is 2.77 bits per heavy atom.